The Morgan fingerprint density at radius 3 is 2.50 bits per heavy atom. The standard InChI is InChI=1S/C12H19BrN2O/c1-3-14-9(2)11(13)12(16)15(14)10-7-5-4-6-8-10/h10H,3-8H2,1-2H3. The molecule has 90 valence electrons. The van der Waals surface area contributed by atoms with Crippen LogP contribution < -0.4 is 5.56 Å². The van der Waals surface area contributed by atoms with Crippen LogP contribution >= 0.6 is 15.9 Å². The van der Waals surface area contributed by atoms with Crippen molar-refractivity contribution in [1.29, 1.82) is 0 Å². The third-order valence-corrected chi connectivity index (χ3v) is 4.49. The minimum Gasteiger partial charge on any atom is -0.286 e. The number of halogens is 1. The van der Waals surface area contributed by atoms with Crippen molar-refractivity contribution in [3.05, 3.63) is 20.5 Å². The van der Waals surface area contributed by atoms with Gasteiger partial charge in [-0.25, -0.2) is 4.68 Å². The molecule has 4 heteroatoms. The second-order valence-electron chi connectivity index (χ2n) is 4.56. The number of hydrogen-bond acceptors (Lipinski definition) is 1. The summed E-state index contributed by atoms with van der Waals surface area (Å²) in [5.74, 6) is 0. The molecule has 0 aromatic carbocycles. The van der Waals surface area contributed by atoms with E-state index in [1.807, 2.05) is 11.6 Å². The number of nitrogens with zero attached hydrogens (tertiary/aromatic N) is 2. The third-order valence-electron chi connectivity index (χ3n) is 3.58. The third kappa shape index (κ3) is 1.88. The Bertz CT molecular complexity index is 427. The molecule has 1 aliphatic rings. The summed E-state index contributed by atoms with van der Waals surface area (Å²) in [6.45, 7) is 4.97. The topological polar surface area (TPSA) is 26.9 Å². The van der Waals surface area contributed by atoms with Gasteiger partial charge in [-0.2, -0.15) is 0 Å². The van der Waals surface area contributed by atoms with Gasteiger partial charge in [-0.15, -0.1) is 0 Å². The molecule has 1 aromatic heterocycles. The highest BCUT2D eigenvalue weighted by molar-refractivity contribution is 9.10. The van der Waals surface area contributed by atoms with E-state index in [0.29, 0.717) is 6.04 Å². The molecule has 1 fully saturated rings. The lowest BCUT2D eigenvalue weighted by molar-refractivity contribution is 0.283. The van der Waals surface area contributed by atoms with Gasteiger partial charge in [-0.1, -0.05) is 19.3 Å². The van der Waals surface area contributed by atoms with Crippen LogP contribution in [0.4, 0.5) is 0 Å². The van der Waals surface area contributed by atoms with Crippen molar-refractivity contribution >= 4 is 15.9 Å². The second kappa shape index (κ2) is 4.78. The van der Waals surface area contributed by atoms with E-state index in [9.17, 15) is 4.79 Å². The fourth-order valence-corrected chi connectivity index (χ4v) is 3.10. The molecule has 16 heavy (non-hydrogen) atoms. The summed E-state index contributed by atoms with van der Waals surface area (Å²) in [6.07, 6.45) is 6.12. The molecule has 0 N–H and O–H groups in total. The van der Waals surface area contributed by atoms with Gasteiger partial charge in [0.1, 0.15) is 4.47 Å². The van der Waals surface area contributed by atoms with Crippen LogP contribution in [0.3, 0.4) is 0 Å². The SMILES string of the molecule is CCn1c(C)c(Br)c(=O)n1C1CCCCC1. The van der Waals surface area contributed by atoms with Crippen LogP contribution in [0.5, 0.6) is 0 Å². The van der Waals surface area contributed by atoms with Crippen LogP contribution in [0.1, 0.15) is 50.8 Å². The van der Waals surface area contributed by atoms with Gasteiger partial charge in [-0.3, -0.25) is 9.48 Å². The van der Waals surface area contributed by atoms with Gasteiger partial charge < -0.3 is 0 Å². The first-order valence-electron chi connectivity index (χ1n) is 6.14. The van der Waals surface area contributed by atoms with E-state index >= 15 is 0 Å². The Morgan fingerprint density at radius 1 is 1.31 bits per heavy atom. The lowest BCUT2D eigenvalue weighted by atomic mass is 9.96. The molecule has 0 amide bonds. The fourth-order valence-electron chi connectivity index (χ4n) is 2.72. The van der Waals surface area contributed by atoms with Crippen LogP contribution in [-0.4, -0.2) is 9.36 Å². The maximum Gasteiger partial charge on any atom is 0.281 e. The minimum absolute atomic E-state index is 0.145. The molecule has 1 heterocycles. The quantitative estimate of drug-likeness (QED) is 0.820. The average Bonchev–Trinajstić information content (AvgIpc) is 2.54. The summed E-state index contributed by atoms with van der Waals surface area (Å²) >= 11 is 3.40. The molecule has 1 aromatic rings. The molecule has 2 rings (SSSR count). The lowest BCUT2D eigenvalue weighted by Gasteiger charge is -2.25. The molecule has 0 bridgehead atoms. The molecule has 0 unspecified atom stereocenters. The van der Waals surface area contributed by atoms with E-state index in [0.717, 1.165) is 29.6 Å². The highest BCUT2D eigenvalue weighted by atomic mass is 79.9. The fraction of sp³-hybridized carbons (Fsp3) is 0.750. The highest BCUT2D eigenvalue weighted by Crippen LogP contribution is 2.28. The van der Waals surface area contributed by atoms with E-state index in [4.69, 9.17) is 0 Å². The maximum absolute atomic E-state index is 12.2. The first-order valence-corrected chi connectivity index (χ1v) is 6.93. The van der Waals surface area contributed by atoms with Crippen molar-refractivity contribution in [3.8, 4) is 0 Å². The first-order chi connectivity index (χ1) is 7.66. The van der Waals surface area contributed by atoms with E-state index in [-0.39, 0.29) is 5.56 Å². The van der Waals surface area contributed by atoms with Crippen molar-refractivity contribution in [1.82, 2.24) is 9.36 Å². The van der Waals surface area contributed by atoms with Crippen LogP contribution in [0.25, 0.3) is 0 Å². The molecule has 0 aliphatic heterocycles. The molecule has 1 saturated carbocycles. The van der Waals surface area contributed by atoms with Crippen LogP contribution in [0.2, 0.25) is 0 Å². The summed E-state index contributed by atoms with van der Waals surface area (Å²) in [5.41, 5.74) is 1.20. The number of hydrogen-bond donors (Lipinski definition) is 0. The van der Waals surface area contributed by atoms with Gasteiger partial charge in [0.05, 0.1) is 11.7 Å². The van der Waals surface area contributed by atoms with E-state index < -0.39 is 0 Å². The molecular weight excluding hydrogens is 268 g/mol. The zero-order valence-corrected chi connectivity index (χ0v) is 11.6. The monoisotopic (exact) mass is 286 g/mol. The van der Waals surface area contributed by atoms with Crippen molar-refractivity contribution in [2.75, 3.05) is 0 Å². The molecule has 3 nitrogen and oxygen atoms in total. The second-order valence-corrected chi connectivity index (χ2v) is 5.35. The molecular formula is C12H19BrN2O. The largest absolute Gasteiger partial charge is 0.286 e. The van der Waals surface area contributed by atoms with E-state index in [1.165, 1.54) is 19.3 Å². The smallest absolute Gasteiger partial charge is 0.281 e. The average molecular weight is 287 g/mol. The van der Waals surface area contributed by atoms with Gasteiger partial charge in [0, 0.05) is 6.54 Å². The molecule has 1 aliphatic carbocycles. The highest BCUT2D eigenvalue weighted by Gasteiger charge is 2.22. The number of rotatable bonds is 2. The summed E-state index contributed by atoms with van der Waals surface area (Å²) in [4.78, 5) is 12.2. The molecule has 0 atom stereocenters. The van der Waals surface area contributed by atoms with Crippen LogP contribution in [-0.2, 0) is 6.54 Å². The van der Waals surface area contributed by atoms with Gasteiger partial charge >= 0.3 is 0 Å². The molecule has 0 radical (unpaired) electrons. The Labute approximate surface area is 105 Å². The van der Waals surface area contributed by atoms with Crippen LogP contribution in [0, 0.1) is 6.92 Å². The Kier molecular flexibility index (Phi) is 3.57. The van der Waals surface area contributed by atoms with Gasteiger partial charge in [0.2, 0.25) is 0 Å². The normalized spacial score (nSPS) is 17.9. The predicted octanol–water partition coefficient (Wildman–Crippen LogP) is 3.25. The summed E-state index contributed by atoms with van der Waals surface area (Å²) in [6, 6.07) is 0.409. The van der Waals surface area contributed by atoms with E-state index in [1.54, 1.807) is 0 Å². The summed E-state index contributed by atoms with van der Waals surface area (Å²) in [5, 5.41) is 0. The predicted molar refractivity (Wildman–Crippen MR) is 68.9 cm³/mol. The number of aromatic nitrogens is 2. The van der Waals surface area contributed by atoms with Crippen molar-refractivity contribution < 1.29 is 0 Å². The van der Waals surface area contributed by atoms with Crippen molar-refractivity contribution in [2.45, 2.75) is 58.5 Å². The first kappa shape index (κ1) is 12.0. The summed E-state index contributed by atoms with van der Waals surface area (Å²) < 4.78 is 4.82. The van der Waals surface area contributed by atoms with Crippen molar-refractivity contribution in [3.63, 3.8) is 0 Å². The van der Waals surface area contributed by atoms with Crippen molar-refractivity contribution in [2.24, 2.45) is 0 Å². The molecule has 0 saturated heterocycles. The zero-order chi connectivity index (χ0) is 11.7. The van der Waals surface area contributed by atoms with Crippen LogP contribution in [0.15, 0.2) is 9.27 Å². The van der Waals surface area contributed by atoms with Gasteiger partial charge in [0.25, 0.3) is 5.56 Å². The Hall–Kier alpha value is -0.510. The zero-order valence-electron chi connectivity index (χ0n) is 10.0. The summed E-state index contributed by atoms with van der Waals surface area (Å²) in [7, 11) is 0. The maximum atomic E-state index is 12.2. The Balaban J connectivity index is 2.45. The van der Waals surface area contributed by atoms with E-state index in [2.05, 4.69) is 27.5 Å². The minimum atomic E-state index is 0.145. The lowest BCUT2D eigenvalue weighted by Crippen LogP contribution is -2.29. The molecule has 0 spiro atoms. The Morgan fingerprint density at radius 2 is 1.94 bits per heavy atom. The van der Waals surface area contributed by atoms with Gasteiger partial charge in [-0.05, 0) is 42.6 Å². The van der Waals surface area contributed by atoms with Gasteiger partial charge in [0.15, 0.2) is 0 Å².